The third kappa shape index (κ3) is 3.39. The molecule has 0 aromatic heterocycles. The van der Waals surface area contributed by atoms with Crippen LogP contribution in [0.5, 0.6) is 0 Å². The molecule has 3 rings (SSSR count). The molecule has 2 unspecified atom stereocenters. The Morgan fingerprint density at radius 2 is 2.12 bits per heavy atom. The molecule has 1 saturated heterocycles. The predicted octanol–water partition coefficient (Wildman–Crippen LogP) is 4.31. The summed E-state index contributed by atoms with van der Waals surface area (Å²) in [4.78, 5) is 12.4. The highest BCUT2D eigenvalue weighted by atomic mass is 79.9. The number of amides is 1. The zero-order chi connectivity index (χ0) is 18.9. The van der Waals surface area contributed by atoms with E-state index in [1.165, 1.54) is 0 Å². The van der Waals surface area contributed by atoms with Crippen molar-refractivity contribution in [3.63, 3.8) is 0 Å². The number of nitrogen functional groups attached to an aromatic ring is 1. The number of hydrogen-bond acceptors (Lipinski definition) is 3. The maximum atomic E-state index is 12.4. The Morgan fingerprint density at radius 3 is 2.77 bits per heavy atom. The van der Waals surface area contributed by atoms with Crippen LogP contribution in [0.2, 0.25) is 5.02 Å². The Balaban J connectivity index is 2.27. The average molecular weight is 435 g/mol. The number of carbonyl (C=O) groups excluding carboxylic acids is 1. The molecule has 0 aliphatic carbocycles. The normalized spacial score (nSPS) is 23.2. The lowest BCUT2D eigenvalue weighted by molar-refractivity contribution is -0.121. The van der Waals surface area contributed by atoms with E-state index in [0.717, 1.165) is 21.2 Å². The number of halogens is 2. The first-order valence-corrected chi connectivity index (χ1v) is 9.50. The second kappa shape index (κ2) is 7.43. The minimum Gasteiger partial charge on any atom is -0.398 e. The largest absolute Gasteiger partial charge is 0.398 e. The lowest BCUT2D eigenvalue weighted by Gasteiger charge is -2.42. The molecule has 136 valence electrons. The third-order valence-corrected chi connectivity index (χ3v) is 5.66. The highest BCUT2D eigenvalue weighted by Crippen LogP contribution is 2.47. The molecule has 0 bridgehead atoms. The van der Waals surface area contributed by atoms with Crippen LogP contribution in [0.15, 0.2) is 59.1 Å². The molecule has 1 fully saturated rings. The molecule has 0 spiro atoms. The highest BCUT2D eigenvalue weighted by molar-refractivity contribution is 9.10. The van der Waals surface area contributed by atoms with Crippen LogP contribution in [-0.2, 0) is 10.3 Å². The highest BCUT2D eigenvalue weighted by Gasteiger charge is 2.45. The topological polar surface area (TPSA) is 67.2 Å². The molecule has 0 radical (unpaired) electrons. The van der Waals surface area contributed by atoms with Crippen molar-refractivity contribution in [1.29, 1.82) is 0 Å². The summed E-state index contributed by atoms with van der Waals surface area (Å²) in [6.07, 6.45) is 0.301. The van der Waals surface area contributed by atoms with Gasteiger partial charge in [0.1, 0.15) is 0 Å². The third-order valence-electron chi connectivity index (χ3n) is 4.93. The number of hydrogen-bond donors (Lipinski definition) is 3. The van der Waals surface area contributed by atoms with E-state index in [4.69, 9.17) is 17.3 Å². The lowest BCUT2D eigenvalue weighted by atomic mass is 9.69. The zero-order valence-electron chi connectivity index (χ0n) is 14.5. The number of rotatable bonds is 3. The molecular formula is C20H21BrClN3O. The van der Waals surface area contributed by atoms with Gasteiger partial charge in [0, 0.05) is 27.5 Å². The van der Waals surface area contributed by atoms with E-state index in [2.05, 4.69) is 33.1 Å². The van der Waals surface area contributed by atoms with Crippen LogP contribution >= 0.6 is 27.5 Å². The summed E-state index contributed by atoms with van der Waals surface area (Å²) in [5.74, 6) is -0.231. The van der Waals surface area contributed by atoms with Gasteiger partial charge >= 0.3 is 0 Å². The van der Waals surface area contributed by atoms with E-state index in [9.17, 15) is 4.79 Å². The van der Waals surface area contributed by atoms with Crippen molar-refractivity contribution in [3.05, 3.63) is 75.2 Å². The van der Waals surface area contributed by atoms with Crippen LogP contribution < -0.4 is 16.4 Å². The fourth-order valence-electron chi connectivity index (χ4n) is 3.76. The minimum atomic E-state index is -0.700. The molecule has 4 nitrogen and oxygen atoms in total. The van der Waals surface area contributed by atoms with Crippen molar-refractivity contribution >= 4 is 39.1 Å². The first-order valence-electron chi connectivity index (χ1n) is 8.33. The minimum absolute atomic E-state index is 0.0266. The van der Waals surface area contributed by atoms with E-state index in [0.29, 0.717) is 23.8 Å². The Labute approximate surface area is 166 Å². The molecule has 1 amide bonds. The summed E-state index contributed by atoms with van der Waals surface area (Å²) in [6, 6.07) is 13.4. The lowest BCUT2D eigenvalue weighted by Crippen LogP contribution is -2.49. The summed E-state index contributed by atoms with van der Waals surface area (Å²) in [7, 11) is 0. The summed E-state index contributed by atoms with van der Waals surface area (Å²) in [5.41, 5.74) is 9.07. The van der Waals surface area contributed by atoms with Gasteiger partial charge in [-0.2, -0.15) is 0 Å². The summed E-state index contributed by atoms with van der Waals surface area (Å²) < 4.78 is 0.901. The Hall–Kier alpha value is -1.82. The van der Waals surface area contributed by atoms with Gasteiger partial charge in [-0.15, -0.1) is 0 Å². The molecule has 2 aromatic carbocycles. The van der Waals surface area contributed by atoms with E-state index < -0.39 is 5.54 Å². The van der Waals surface area contributed by atoms with Gasteiger partial charge in [0.2, 0.25) is 5.91 Å². The van der Waals surface area contributed by atoms with Crippen LogP contribution in [0.25, 0.3) is 0 Å². The standard InChI is InChI=1S/C20H21BrClN3O/c1-12(2)20(16-7-6-14(21)9-18(16)23)17(10-19(26)24-11-25-20)13-4-3-5-15(22)8-13/h3-9,17,25H,1,10-11,23H2,2H3,(H,24,26). The Kier molecular flexibility index (Phi) is 5.42. The van der Waals surface area contributed by atoms with Gasteiger partial charge in [-0.3, -0.25) is 10.1 Å². The molecule has 6 heteroatoms. The van der Waals surface area contributed by atoms with Crippen molar-refractivity contribution in [2.75, 3.05) is 12.4 Å². The van der Waals surface area contributed by atoms with Crippen LogP contribution in [0, 0.1) is 0 Å². The predicted molar refractivity (Wildman–Crippen MR) is 110 cm³/mol. The molecule has 2 aromatic rings. The number of nitrogens with one attached hydrogen (secondary N) is 2. The fraction of sp³-hybridized carbons (Fsp3) is 0.250. The molecule has 4 N–H and O–H groups in total. The van der Waals surface area contributed by atoms with E-state index >= 15 is 0 Å². The Bertz CT molecular complexity index is 870. The molecule has 1 aliphatic heterocycles. The molecule has 1 aliphatic rings. The average Bonchev–Trinajstić information content (AvgIpc) is 2.74. The van der Waals surface area contributed by atoms with Gasteiger partial charge < -0.3 is 11.1 Å². The molecular weight excluding hydrogens is 414 g/mol. The van der Waals surface area contributed by atoms with Gasteiger partial charge in [0.25, 0.3) is 0 Å². The van der Waals surface area contributed by atoms with Crippen molar-refractivity contribution in [2.45, 2.75) is 24.8 Å². The van der Waals surface area contributed by atoms with Crippen molar-refractivity contribution < 1.29 is 4.79 Å². The van der Waals surface area contributed by atoms with Crippen LogP contribution in [0.4, 0.5) is 5.69 Å². The molecule has 26 heavy (non-hydrogen) atoms. The second-order valence-corrected chi connectivity index (χ2v) is 7.94. The summed E-state index contributed by atoms with van der Waals surface area (Å²) in [6.45, 7) is 6.55. The van der Waals surface area contributed by atoms with Gasteiger partial charge in [0.05, 0.1) is 12.2 Å². The first-order chi connectivity index (χ1) is 12.3. The van der Waals surface area contributed by atoms with Crippen molar-refractivity contribution in [1.82, 2.24) is 10.6 Å². The number of anilines is 1. The van der Waals surface area contributed by atoms with Gasteiger partial charge in [-0.05, 0) is 42.3 Å². The van der Waals surface area contributed by atoms with Crippen LogP contribution in [0.3, 0.4) is 0 Å². The Morgan fingerprint density at radius 1 is 1.35 bits per heavy atom. The van der Waals surface area contributed by atoms with E-state index in [1.54, 1.807) is 0 Å². The summed E-state index contributed by atoms with van der Waals surface area (Å²) >= 11 is 9.70. The van der Waals surface area contributed by atoms with Crippen LogP contribution in [-0.4, -0.2) is 12.6 Å². The SMILES string of the molecule is C=C(C)C1(c2ccc(Br)cc2N)NCNC(=O)CC1c1cccc(Cl)c1. The van der Waals surface area contributed by atoms with E-state index in [1.807, 2.05) is 49.4 Å². The van der Waals surface area contributed by atoms with Crippen molar-refractivity contribution in [3.8, 4) is 0 Å². The molecule has 0 saturated carbocycles. The maximum absolute atomic E-state index is 12.4. The first kappa shape index (κ1) is 19.0. The smallest absolute Gasteiger partial charge is 0.221 e. The number of carbonyl (C=O) groups is 1. The van der Waals surface area contributed by atoms with E-state index in [-0.39, 0.29) is 11.8 Å². The van der Waals surface area contributed by atoms with Gasteiger partial charge in [-0.1, -0.05) is 57.9 Å². The number of benzene rings is 2. The fourth-order valence-corrected chi connectivity index (χ4v) is 4.34. The van der Waals surface area contributed by atoms with Crippen molar-refractivity contribution in [2.24, 2.45) is 0 Å². The van der Waals surface area contributed by atoms with Gasteiger partial charge in [0.15, 0.2) is 0 Å². The van der Waals surface area contributed by atoms with Crippen LogP contribution in [0.1, 0.15) is 30.4 Å². The second-order valence-electron chi connectivity index (χ2n) is 6.59. The zero-order valence-corrected chi connectivity index (χ0v) is 16.8. The molecule has 1 heterocycles. The number of nitrogens with two attached hydrogens (primary N) is 1. The van der Waals surface area contributed by atoms with Gasteiger partial charge in [-0.25, -0.2) is 0 Å². The maximum Gasteiger partial charge on any atom is 0.221 e. The quantitative estimate of drug-likeness (QED) is 0.498. The monoisotopic (exact) mass is 433 g/mol. The molecule has 2 atom stereocenters. The summed E-state index contributed by atoms with van der Waals surface area (Å²) in [5, 5.41) is 7.03.